The van der Waals surface area contributed by atoms with Crippen LogP contribution in [0.25, 0.3) is 0 Å². The van der Waals surface area contributed by atoms with Crippen molar-refractivity contribution in [3.05, 3.63) is 0 Å². The van der Waals surface area contributed by atoms with Crippen molar-refractivity contribution in [3.63, 3.8) is 0 Å². The van der Waals surface area contributed by atoms with Gasteiger partial charge in [0.15, 0.2) is 18.9 Å². The Morgan fingerprint density at radius 3 is 0.632 bits per heavy atom. The van der Waals surface area contributed by atoms with Gasteiger partial charge in [0, 0.05) is 0 Å². The van der Waals surface area contributed by atoms with Crippen LogP contribution in [0, 0.1) is 0 Å². The van der Waals surface area contributed by atoms with Gasteiger partial charge in [0.05, 0.1) is 0 Å². The summed E-state index contributed by atoms with van der Waals surface area (Å²) in [6.45, 7) is 0. The van der Waals surface area contributed by atoms with Crippen molar-refractivity contribution in [3.8, 4) is 0 Å². The maximum absolute atomic E-state index is 8.89. The summed E-state index contributed by atoms with van der Waals surface area (Å²) in [5.41, 5.74) is 0. The van der Waals surface area contributed by atoms with Crippen LogP contribution < -0.4 is 15.3 Å². The van der Waals surface area contributed by atoms with E-state index < -0.39 is 17.9 Å². The van der Waals surface area contributed by atoms with Crippen LogP contribution in [0.3, 0.4) is 0 Å². The van der Waals surface area contributed by atoms with Crippen LogP contribution >= 0.6 is 0 Å². The number of carbonyl (C=O) groups excluding carboxylic acids is 6. The van der Waals surface area contributed by atoms with Crippen LogP contribution in [0.1, 0.15) is 0 Å². The second-order valence-electron chi connectivity index (χ2n) is 1.31. The number of hydrogen-bond acceptors (Lipinski definition) is 9. The molecule has 12 nitrogen and oxygen atoms in total. The van der Waals surface area contributed by atoms with Gasteiger partial charge in [-0.05, 0) is 0 Å². The fourth-order valence-electron chi connectivity index (χ4n) is 0. The van der Waals surface area contributed by atoms with Gasteiger partial charge in [-0.3, -0.25) is 14.4 Å². The molecule has 0 aliphatic carbocycles. The van der Waals surface area contributed by atoms with Gasteiger partial charge in [0.2, 0.25) is 0 Å². The number of carbonyl (C=O) groups is 6. The Morgan fingerprint density at radius 2 is 0.632 bits per heavy atom. The molecule has 0 heterocycles. The Kier molecular flexibility index (Phi) is 82.5. The van der Waals surface area contributed by atoms with Crippen molar-refractivity contribution in [1.82, 2.24) is 0 Å². The van der Waals surface area contributed by atoms with E-state index in [1.54, 1.807) is 0 Å². The smallest absolute Gasteiger partial charge is 0.542 e. The molecule has 0 aliphatic heterocycles. The molecule has 0 atom stereocenters. The van der Waals surface area contributed by atoms with Crippen molar-refractivity contribution >= 4 is 36.8 Å². The van der Waals surface area contributed by atoms with Gasteiger partial charge in [-0.2, -0.15) is 0 Å². The average Bonchev–Trinajstić information content (AvgIpc) is 2.19. The van der Waals surface area contributed by atoms with Gasteiger partial charge in [0.25, 0.3) is 0 Å². The third kappa shape index (κ3) is 199. The van der Waals surface area contributed by atoms with Crippen molar-refractivity contribution in [2.24, 2.45) is 0 Å². The molecule has 0 rings (SSSR count). The van der Waals surface area contributed by atoms with E-state index in [2.05, 4.69) is 0 Å². The molecule has 0 fully saturated rings. The van der Waals surface area contributed by atoms with Gasteiger partial charge in [-0.1, -0.05) is 0 Å². The van der Waals surface area contributed by atoms with Crippen LogP contribution in [-0.4, -0.2) is 53.2 Å². The average molecular weight is 465 g/mol. The van der Waals surface area contributed by atoms with Crippen LogP contribution in [-0.2, 0) is 48.9 Å². The minimum absolute atomic E-state index is 0. The normalized spacial score (nSPS) is 5.05. The summed E-state index contributed by atoms with van der Waals surface area (Å²) in [5, 5.41) is 26.7. The minimum atomic E-state index is -1.68. The summed E-state index contributed by atoms with van der Waals surface area (Å²) in [6, 6.07) is 0. The fraction of sp³-hybridized carbons (Fsp3) is 0. The van der Waals surface area contributed by atoms with E-state index >= 15 is 0 Å². The molecule has 0 radical (unpaired) electrons. The molecule has 0 saturated carbocycles. The van der Waals surface area contributed by atoms with E-state index in [9.17, 15) is 0 Å². The third-order valence-electron chi connectivity index (χ3n) is 0.289. The summed E-state index contributed by atoms with van der Waals surface area (Å²) in [4.78, 5) is 53.2. The van der Waals surface area contributed by atoms with E-state index in [1.165, 1.54) is 0 Å². The standard InChI is InChI=1S/3C2H2O3.Ir.3H2O/c3*3-1-2(4)5;;;;/h3*1H,(H,4,5);;3*1H2/q;;;+3;;;/p-3. The fourth-order valence-corrected chi connectivity index (χ4v) is 0. The summed E-state index contributed by atoms with van der Waals surface area (Å²) < 4.78 is 0. The summed E-state index contributed by atoms with van der Waals surface area (Å²) in [7, 11) is 0. The minimum Gasteiger partial charge on any atom is -0.542 e. The molecule has 0 saturated heterocycles. The second kappa shape index (κ2) is 36.0. The Bertz CT molecular complexity index is 218. The zero-order valence-corrected chi connectivity index (χ0v) is 11.1. The Labute approximate surface area is 118 Å². The van der Waals surface area contributed by atoms with Crippen molar-refractivity contribution in [2.45, 2.75) is 0 Å². The molecule has 6 N–H and O–H groups in total. The van der Waals surface area contributed by atoms with Crippen LogP contribution in [0.15, 0.2) is 0 Å². The van der Waals surface area contributed by atoms with Crippen molar-refractivity contribution in [1.29, 1.82) is 0 Å². The van der Waals surface area contributed by atoms with Crippen molar-refractivity contribution < 1.29 is 80.6 Å². The molecule has 0 aliphatic rings. The second-order valence-corrected chi connectivity index (χ2v) is 1.31. The third-order valence-corrected chi connectivity index (χ3v) is 0.289. The largest absolute Gasteiger partial charge is 3.00 e. The summed E-state index contributed by atoms with van der Waals surface area (Å²) >= 11 is 0. The summed E-state index contributed by atoms with van der Waals surface area (Å²) in [6.07, 6.45) is -0.833. The first-order chi connectivity index (χ1) is 6.81. The quantitative estimate of drug-likeness (QED) is 0.282. The number of hydrogen-bond donors (Lipinski definition) is 0. The zero-order chi connectivity index (χ0) is 12.9. The Hall–Kier alpha value is -2.05. The van der Waals surface area contributed by atoms with Crippen LogP contribution in [0.5, 0.6) is 0 Å². The van der Waals surface area contributed by atoms with E-state index in [-0.39, 0.29) is 55.4 Å². The van der Waals surface area contributed by atoms with E-state index in [4.69, 9.17) is 44.1 Å². The van der Waals surface area contributed by atoms with E-state index in [1.807, 2.05) is 0 Å². The van der Waals surface area contributed by atoms with Crippen LogP contribution in [0.2, 0.25) is 0 Å². The zero-order valence-electron chi connectivity index (χ0n) is 8.74. The first kappa shape index (κ1) is 43.6. The molecule has 114 valence electrons. The molecule has 0 aromatic heterocycles. The predicted octanol–water partition coefficient (Wildman–Crippen LogP) is -8.67. The molecule has 0 spiro atoms. The molecular formula is C6H9IrO12. The number of aldehydes is 3. The first-order valence-corrected chi connectivity index (χ1v) is 2.80. The van der Waals surface area contributed by atoms with E-state index in [0.717, 1.165) is 0 Å². The SMILES string of the molecule is O.O.O.O=CC(=O)[O-].O=CC(=O)[O-].O=CC(=O)[O-].[Ir+3]. The van der Waals surface area contributed by atoms with Gasteiger partial charge >= 0.3 is 20.1 Å². The number of aliphatic carboxylic acids is 3. The molecule has 0 bridgehead atoms. The Morgan fingerprint density at radius 1 is 0.579 bits per heavy atom. The number of carboxylic acid groups (broad SMARTS) is 3. The molecule has 0 aromatic carbocycles. The maximum Gasteiger partial charge on any atom is 3.00 e. The molecule has 0 aromatic rings. The van der Waals surface area contributed by atoms with E-state index in [0.29, 0.717) is 0 Å². The summed E-state index contributed by atoms with van der Waals surface area (Å²) in [5.74, 6) is -5.03. The maximum atomic E-state index is 8.89. The molecule has 19 heavy (non-hydrogen) atoms. The molecule has 13 heteroatoms. The van der Waals surface area contributed by atoms with Gasteiger partial charge in [0.1, 0.15) is 17.9 Å². The van der Waals surface area contributed by atoms with Gasteiger partial charge in [-0.25, -0.2) is 0 Å². The topological polar surface area (TPSA) is 266 Å². The predicted molar refractivity (Wildman–Crippen MR) is 44.1 cm³/mol. The van der Waals surface area contributed by atoms with Crippen LogP contribution in [0.4, 0.5) is 0 Å². The monoisotopic (exact) mass is 466 g/mol. The van der Waals surface area contributed by atoms with Crippen molar-refractivity contribution in [2.75, 3.05) is 0 Å². The van der Waals surface area contributed by atoms with Gasteiger partial charge in [-0.15, -0.1) is 0 Å². The first-order valence-electron chi connectivity index (χ1n) is 2.80. The van der Waals surface area contributed by atoms with Gasteiger partial charge < -0.3 is 46.1 Å². The molecular weight excluding hydrogens is 456 g/mol. The molecule has 0 amide bonds. The molecule has 0 unspecified atom stereocenters. The number of rotatable bonds is 3. The Balaban J connectivity index is -0.0000000206. The number of carboxylic acids is 3.